The van der Waals surface area contributed by atoms with Gasteiger partial charge in [-0.1, -0.05) is 6.07 Å². The minimum Gasteiger partial charge on any atom is -0.399 e. The molecule has 104 valence electrons. The molecule has 2 aromatic carbocycles. The lowest BCUT2D eigenvalue weighted by molar-refractivity contribution is -0.115. The van der Waals surface area contributed by atoms with Crippen LogP contribution in [0, 0.1) is 11.6 Å². The van der Waals surface area contributed by atoms with Crippen molar-refractivity contribution in [3.63, 3.8) is 0 Å². The van der Waals surface area contributed by atoms with Crippen molar-refractivity contribution in [3.05, 3.63) is 58.1 Å². The van der Waals surface area contributed by atoms with E-state index in [1.807, 2.05) is 0 Å². The highest BCUT2D eigenvalue weighted by atomic mass is 79.9. The van der Waals surface area contributed by atoms with Crippen molar-refractivity contribution in [1.29, 1.82) is 0 Å². The Morgan fingerprint density at radius 2 is 1.95 bits per heavy atom. The van der Waals surface area contributed by atoms with Gasteiger partial charge in [-0.3, -0.25) is 4.79 Å². The van der Waals surface area contributed by atoms with Crippen molar-refractivity contribution in [3.8, 4) is 0 Å². The molecule has 0 aliphatic carbocycles. The summed E-state index contributed by atoms with van der Waals surface area (Å²) in [7, 11) is 0. The van der Waals surface area contributed by atoms with E-state index < -0.39 is 17.5 Å². The maximum atomic E-state index is 13.4. The number of nitrogen functional groups attached to an aromatic ring is 1. The summed E-state index contributed by atoms with van der Waals surface area (Å²) in [6, 6.07) is 8.08. The summed E-state index contributed by atoms with van der Waals surface area (Å²) in [5.41, 5.74) is 6.75. The molecule has 6 heteroatoms. The predicted octanol–water partition coefficient (Wildman–Crippen LogP) is 3.49. The van der Waals surface area contributed by atoms with E-state index in [-0.39, 0.29) is 12.0 Å². The first-order valence-corrected chi connectivity index (χ1v) is 6.54. The van der Waals surface area contributed by atoms with Gasteiger partial charge in [0.1, 0.15) is 11.6 Å². The Bertz CT molecular complexity index is 662. The standard InChI is InChI=1S/C14H11BrF2N2O/c15-11-4-3-10(18)7-13(11)19-14(20)5-8-1-2-9(16)6-12(8)17/h1-4,6-7H,5,18H2,(H,19,20). The summed E-state index contributed by atoms with van der Waals surface area (Å²) < 4.78 is 26.9. The Hall–Kier alpha value is -1.95. The first-order valence-electron chi connectivity index (χ1n) is 5.74. The average Bonchev–Trinajstić information content (AvgIpc) is 2.37. The number of carbonyl (C=O) groups excluding carboxylic acids is 1. The fourth-order valence-corrected chi connectivity index (χ4v) is 2.02. The van der Waals surface area contributed by atoms with Crippen LogP contribution in [-0.4, -0.2) is 5.91 Å². The van der Waals surface area contributed by atoms with Crippen molar-refractivity contribution in [2.45, 2.75) is 6.42 Å². The van der Waals surface area contributed by atoms with Crippen LogP contribution in [0.25, 0.3) is 0 Å². The van der Waals surface area contributed by atoms with Gasteiger partial charge >= 0.3 is 0 Å². The third-order valence-corrected chi connectivity index (χ3v) is 3.32. The van der Waals surface area contributed by atoms with Crippen LogP contribution < -0.4 is 11.1 Å². The number of anilines is 2. The van der Waals surface area contributed by atoms with Gasteiger partial charge in [-0.05, 0) is 45.8 Å². The predicted molar refractivity (Wildman–Crippen MR) is 77.2 cm³/mol. The Morgan fingerprint density at radius 1 is 1.20 bits per heavy atom. The second kappa shape index (κ2) is 6.00. The van der Waals surface area contributed by atoms with Crippen LogP contribution in [0.5, 0.6) is 0 Å². The number of hydrogen-bond donors (Lipinski definition) is 2. The van der Waals surface area contributed by atoms with Crippen LogP contribution in [0.15, 0.2) is 40.9 Å². The second-order valence-electron chi connectivity index (χ2n) is 4.20. The van der Waals surface area contributed by atoms with E-state index in [1.54, 1.807) is 18.2 Å². The zero-order chi connectivity index (χ0) is 14.7. The number of halogens is 3. The van der Waals surface area contributed by atoms with Gasteiger partial charge < -0.3 is 11.1 Å². The maximum Gasteiger partial charge on any atom is 0.228 e. The zero-order valence-corrected chi connectivity index (χ0v) is 11.9. The number of hydrogen-bond acceptors (Lipinski definition) is 2. The molecule has 20 heavy (non-hydrogen) atoms. The first-order chi connectivity index (χ1) is 9.45. The molecule has 0 aliphatic rings. The summed E-state index contributed by atoms with van der Waals surface area (Å²) in [5.74, 6) is -1.83. The topological polar surface area (TPSA) is 55.1 Å². The van der Waals surface area contributed by atoms with Gasteiger partial charge in [0.2, 0.25) is 5.91 Å². The molecule has 2 aromatic rings. The van der Waals surface area contributed by atoms with E-state index in [0.29, 0.717) is 15.8 Å². The van der Waals surface area contributed by atoms with Crippen molar-refractivity contribution in [2.75, 3.05) is 11.1 Å². The van der Waals surface area contributed by atoms with Crippen LogP contribution in [0.1, 0.15) is 5.56 Å². The summed E-state index contributed by atoms with van der Waals surface area (Å²) in [6.07, 6.45) is -0.187. The SMILES string of the molecule is Nc1ccc(Br)c(NC(=O)Cc2ccc(F)cc2F)c1. The number of rotatable bonds is 3. The summed E-state index contributed by atoms with van der Waals surface area (Å²) in [6.45, 7) is 0. The van der Waals surface area contributed by atoms with Crippen LogP contribution in [0.3, 0.4) is 0 Å². The van der Waals surface area contributed by atoms with Crippen molar-refractivity contribution in [1.82, 2.24) is 0 Å². The van der Waals surface area contributed by atoms with Crippen molar-refractivity contribution in [2.24, 2.45) is 0 Å². The normalized spacial score (nSPS) is 10.3. The largest absolute Gasteiger partial charge is 0.399 e. The van der Waals surface area contributed by atoms with Crippen LogP contribution in [-0.2, 0) is 11.2 Å². The molecule has 0 aromatic heterocycles. The highest BCUT2D eigenvalue weighted by Crippen LogP contribution is 2.24. The molecule has 0 saturated heterocycles. The molecule has 2 rings (SSSR count). The maximum absolute atomic E-state index is 13.4. The van der Waals surface area contributed by atoms with Crippen LogP contribution >= 0.6 is 15.9 Å². The zero-order valence-electron chi connectivity index (χ0n) is 10.3. The molecule has 0 aliphatic heterocycles. The van der Waals surface area contributed by atoms with Gasteiger partial charge in [-0.25, -0.2) is 8.78 Å². The molecule has 3 N–H and O–H groups in total. The monoisotopic (exact) mass is 340 g/mol. The van der Waals surface area contributed by atoms with Crippen LogP contribution in [0.4, 0.5) is 20.2 Å². The lowest BCUT2D eigenvalue weighted by Gasteiger charge is -2.09. The van der Waals surface area contributed by atoms with E-state index in [4.69, 9.17) is 5.73 Å². The number of amides is 1. The Balaban J connectivity index is 2.11. The van der Waals surface area contributed by atoms with Gasteiger partial charge in [0, 0.05) is 16.2 Å². The molecule has 0 heterocycles. The minimum absolute atomic E-state index is 0.129. The number of carbonyl (C=O) groups is 1. The number of benzene rings is 2. The van der Waals surface area contributed by atoms with Gasteiger partial charge in [0.05, 0.1) is 12.1 Å². The highest BCUT2D eigenvalue weighted by molar-refractivity contribution is 9.10. The van der Waals surface area contributed by atoms with E-state index in [0.717, 1.165) is 12.1 Å². The molecular formula is C14H11BrF2N2O. The molecule has 0 atom stereocenters. The Kier molecular flexibility index (Phi) is 4.34. The third kappa shape index (κ3) is 3.54. The second-order valence-corrected chi connectivity index (χ2v) is 5.05. The molecule has 3 nitrogen and oxygen atoms in total. The Morgan fingerprint density at radius 3 is 2.65 bits per heavy atom. The molecule has 0 radical (unpaired) electrons. The quantitative estimate of drug-likeness (QED) is 0.840. The lowest BCUT2D eigenvalue weighted by atomic mass is 10.1. The fourth-order valence-electron chi connectivity index (χ4n) is 1.67. The summed E-state index contributed by atoms with van der Waals surface area (Å²) in [4.78, 5) is 11.8. The number of nitrogens with two attached hydrogens (primary N) is 1. The minimum atomic E-state index is -0.744. The van der Waals surface area contributed by atoms with E-state index in [1.165, 1.54) is 6.07 Å². The number of nitrogens with one attached hydrogen (secondary N) is 1. The van der Waals surface area contributed by atoms with E-state index >= 15 is 0 Å². The molecule has 0 fully saturated rings. The molecule has 0 unspecified atom stereocenters. The van der Waals surface area contributed by atoms with Gasteiger partial charge in [0.15, 0.2) is 0 Å². The van der Waals surface area contributed by atoms with Crippen molar-refractivity contribution >= 4 is 33.2 Å². The van der Waals surface area contributed by atoms with E-state index in [2.05, 4.69) is 21.2 Å². The molecule has 1 amide bonds. The Labute approximate surface area is 122 Å². The molecular weight excluding hydrogens is 330 g/mol. The smallest absolute Gasteiger partial charge is 0.228 e. The summed E-state index contributed by atoms with van der Waals surface area (Å²) in [5, 5.41) is 2.62. The molecule has 0 spiro atoms. The highest BCUT2D eigenvalue weighted by Gasteiger charge is 2.11. The molecule has 0 saturated carbocycles. The average molecular weight is 341 g/mol. The fraction of sp³-hybridized carbons (Fsp3) is 0.0714. The van der Waals surface area contributed by atoms with Crippen molar-refractivity contribution < 1.29 is 13.6 Å². The van der Waals surface area contributed by atoms with Crippen LogP contribution in [0.2, 0.25) is 0 Å². The van der Waals surface area contributed by atoms with E-state index in [9.17, 15) is 13.6 Å². The van der Waals surface area contributed by atoms with Gasteiger partial charge in [0.25, 0.3) is 0 Å². The summed E-state index contributed by atoms with van der Waals surface area (Å²) >= 11 is 3.27. The third-order valence-electron chi connectivity index (χ3n) is 2.63. The lowest BCUT2D eigenvalue weighted by Crippen LogP contribution is -2.15. The first kappa shape index (κ1) is 14.5. The van der Waals surface area contributed by atoms with Gasteiger partial charge in [-0.2, -0.15) is 0 Å². The van der Waals surface area contributed by atoms with Gasteiger partial charge in [-0.15, -0.1) is 0 Å². The molecule has 0 bridgehead atoms.